The normalized spacial score (nSPS) is 22.2. The second-order valence-corrected chi connectivity index (χ2v) is 11.4. The Morgan fingerprint density at radius 1 is 0.619 bits per heavy atom. The Morgan fingerprint density at radius 2 is 1.24 bits per heavy atom. The van der Waals surface area contributed by atoms with Crippen molar-refractivity contribution in [1.82, 2.24) is 0 Å². The molecule has 210 valence electrons. The van der Waals surface area contributed by atoms with Gasteiger partial charge in [-0.1, -0.05) is 155 Å². The number of hydrogen-bond acceptors (Lipinski definition) is 1. The molecule has 8 rings (SSSR count). The Labute approximate surface area is 257 Å². The lowest BCUT2D eigenvalue weighted by Crippen LogP contribution is -2.45. The second kappa shape index (κ2) is 11.5. The van der Waals surface area contributed by atoms with E-state index in [1.165, 1.54) is 55.7 Å². The van der Waals surface area contributed by atoms with Gasteiger partial charge in [-0.15, -0.1) is 12.6 Å². The van der Waals surface area contributed by atoms with Crippen molar-refractivity contribution in [2.45, 2.75) is 57.8 Å². The minimum absolute atomic E-state index is 0.297. The third kappa shape index (κ3) is 3.76. The van der Waals surface area contributed by atoms with Crippen LogP contribution in [0.5, 0.6) is 0 Å². The summed E-state index contributed by atoms with van der Waals surface area (Å²) in [6.07, 6.45) is 14.7. The molecule has 0 fully saturated rings. The lowest BCUT2D eigenvalue weighted by atomic mass is 9.51. The Kier molecular flexibility index (Phi) is 7.73. The predicted molar refractivity (Wildman–Crippen MR) is 183 cm³/mol. The number of fused-ring (bicyclic) bond motifs is 5. The highest BCUT2D eigenvalue weighted by Gasteiger charge is 2.58. The van der Waals surface area contributed by atoms with Crippen molar-refractivity contribution < 1.29 is 0 Å². The maximum atomic E-state index is 4.84. The molecule has 4 aromatic rings. The minimum atomic E-state index is -0.412. The van der Waals surface area contributed by atoms with Gasteiger partial charge in [-0.25, -0.2) is 0 Å². The van der Waals surface area contributed by atoms with Gasteiger partial charge in [-0.3, -0.25) is 0 Å². The fraction of sp³-hybridized carbons (Fsp3) is 0.220. The fourth-order valence-corrected chi connectivity index (χ4v) is 8.14. The minimum Gasteiger partial charge on any atom is -0.148 e. The van der Waals surface area contributed by atoms with E-state index in [9.17, 15) is 0 Å². The zero-order valence-corrected chi connectivity index (χ0v) is 26.1. The molecule has 0 heterocycles. The van der Waals surface area contributed by atoms with Crippen LogP contribution in [-0.2, 0) is 10.8 Å². The maximum Gasteiger partial charge on any atom is 0.0705 e. The number of benzene rings is 4. The van der Waals surface area contributed by atoms with Crippen LogP contribution in [0.2, 0.25) is 0 Å². The predicted octanol–water partition coefficient (Wildman–Crippen LogP) is 11.1. The molecular formula is C41H40S. The summed E-state index contributed by atoms with van der Waals surface area (Å²) >= 11 is 4.84. The van der Waals surface area contributed by atoms with Gasteiger partial charge in [0.2, 0.25) is 0 Å². The molecule has 0 amide bonds. The van der Waals surface area contributed by atoms with Gasteiger partial charge in [0.1, 0.15) is 0 Å². The molecule has 0 aliphatic heterocycles. The molecular weight excluding hydrogens is 525 g/mol. The monoisotopic (exact) mass is 564 g/mol. The highest BCUT2D eigenvalue weighted by Crippen LogP contribution is 2.67. The molecule has 0 radical (unpaired) electrons. The Bertz CT molecular complexity index is 1750. The summed E-state index contributed by atoms with van der Waals surface area (Å²) in [7, 11) is 0. The quantitative estimate of drug-likeness (QED) is 0.235. The SMILES string of the molecule is CC.CC.SC1=CC(C2(c3ccccc3)c3ccccc3C3(C4=CC=CCC4)c4ccccc4-c4cccc2c43)=CC1. The molecule has 0 nitrogen and oxygen atoms in total. The Morgan fingerprint density at radius 3 is 1.90 bits per heavy atom. The zero-order valence-electron chi connectivity index (χ0n) is 25.2. The molecule has 2 unspecified atom stereocenters. The molecule has 0 bridgehead atoms. The first kappa shape index (κ1) is 28.3. The van der Waals surface area contributed by atoms with Gasteiger partial charge in [-0.2, -0.15) is 0 Å². The average molecular weight is 565 g/mol. The molecule has 0 saturated carbocycles. The smallest absolute Gasteiger partial charge is 0.0705 e. The van der Waals surface area contributed by atoms with Crippen LogP contribution < -0.4 is 0 Å². The van der Waals surface area contributed by atoms with Crippen LogP contribution in [0.25, 0.3) is 11.1 Å². The molecule has 0 spiro atoms. The molecule has 42 heavy (non-hydrogen) atoms. The fourth-order valence-electron chi connectivity index (χ4n) is 7.91. The van der Waals surface area contributed by atoms with Gasteiger partial charge in [0.05, 0.1) is 10.8 Å². The highest BCUT2D eigenvalue weighted by molar-refractivity contribution is 7.84. The van der Waals surface area contributed by atoms with Crippen molar-refractivity contribution in [2.75, 3.05) is 0 Å². The third-order valence-corrected chi connectivity index (χ3v) is 9.50. The molecule has 4 aliphatic carbocycles. The van der Waals surface area contributed by atoms with Crippen LogP contribution in [-0.4, -0.2) is 0 Å². The van der Waals surface area contributed by atoms with Gasteiger partial charge in [-0.05, 0) is 80.3 Å². The van der Waals surface area contributed by atoms with E-state index in [-0.39, 0.29) is 5.41 Å². The van der Waals surface area contributed by atoms with Gasteiger partial charge in [0.15, 0.2) is 0 Å². The van der Waals surface area contributed by atoms with Crippen molar-refractivity contribution in [3.63, 3.8) is 0 Å². The Balaban J connectivity index is 0.000000759. The number of allylic oxidation sites excluding steroid dienone is 8. The summed E-state index contributed by atoms with van der Waals surface area (Å²) in [6.45, 7) is 8.00. The molecule has 0 N–H and O–H groups in total. The largest absolute Gasteiger partial charge is 0.148 e. The van der Waals surface area contributed by atoms with Gasteiger partial charge >= 0.3 is 0 Å². The number of thiol groups is 1. The van der Waals surface area contributed by atoms with Crippen LogP contribution in [0.3, 0.4) is 0 Å². The molecule has 1 heteroatoms. The molecule has 4 aliphatic rings. The summed E-state index contributed by atoms with van der Waals surface area (Å²) in [5, 5.41) is 0. The molecule has 2 atom stereocenters. The first-order valence-corrected chi connectivity index (χ1v) is 16.1. The topological polar surface area (TPSA) is 0 Å². The van der Waals surface area contributed by atoms with E-state index >= 15 is 0 Å². The van der Waals surface area contributed by atoms with Crippen molar-refractivity contribution in [3.05, 3.63) is 177 Å². The molecule has 0 saturated heterocycles. The van der Waals surface area contributed by atoms with E-state index in [0.717, 1.165) is 24.2 Å². The lowest BCUT2D eigenvalue weighted by Gasteiger charge is -2.50. The summed E-state index contributed by atoms with van der Waals surface area (Å²) in [5.74, 6) is 0. The molecule has 4 aromatic carbocycles. The van der Waals surface area contributed by atoms with E-state index < -0.39 is 5.41 Å². The van der Waals surface area contributed by atoms with Crippen LogP contribution in [0.1, 0.15) is 80.3 Å². The summed E-state index contributed by atoms with van der Waals surface area (Å²) in [4.78, 5) is 1.13. The Hall–Kier alpha value is -3.81. The van der Waals surface area contributed by atoms with E-state index in [1.54, 1.807) is 0 Å². The van der Waals surface area contributed by atoms with Crippen LogP contribution in [0.15, 0.2) is 143 Å². The van der Waals surface area contributed by atoms with Crippen molar-refractivity contribution in [1.29, 1.82) is 0 Å². The second-order valence-electron chi connectivity index (χ2n) is 10.8. The van der Waals surface area contributed by atoms with E-state index in [0.29, 0.717) is 0 Å². The third-order valence-electron chi connectivity index (χ3n) is 9.19. The zero-order chi connectivity index (χ0) is 29.3. The van der Waals surface area contributed by atoms with Crippen molar-refractivity contribution >= 4 is 12.6 Å². The van der Waals surface area contributed by atoms with Gasteiger partial charge in [0.25, 0.3) is 0 Å². The molecule has 0 aromatic heterocycles. The highest BCUT2D eigenvalue weighted by atomic mass is 32.1. The van der Waals surface area contributed by atoms with Crippen LogP contribution in [0.4, 0.5) is 0 Å². The van der Waals surface area contributed by atoms with E-state index in [4.69, 9.17) is 12.6 Å². The van der Waals surface area contributed by atoms with Crippen molar-refractivity contribution in [2.24, 2.45) is 0 Å². The first-order chi connectivity index (χ1) is 20.8. The van der Waals surface area contributed by atoms with Crippen molar-refractivity contribution in [3.8, 4) is 11.1 Å². The number of rotatable bonds is 3. The average Bonchev–Trinajstić information content (AvgIpc) is 3.65. The summed E-state index contributed by atoms with van der Waals surface area (Å²) < 4.78 is 0. The standard InChI is InChI=1S/C37H28S.2C2H6/c38-28-23-22-27(24-28)36(25-12-3-1-4-13-25)32-19-9-10-20-33(32)37(26-14-5-2-6-15-26)31-18-8-7-16-29(31)30-17-11-21-34(36)35(30)37;2*1-2/h1-5,7-14,16-22,24,38H,6,15,23H2;2*1-2H3. The van der Waals surface area contributed by atoms with E-state index in [1.807, 2.05) is 27.7 Å². The number of hydrogen-bond donors (Lipinski definition) is 1. The maximum absolute atomic E-state index is 4.84. The van der Waals surface area contributed by atoms with Crippen LogP contribution in [0, 0.1) is 0 Å². The van der Waals surface area contributed by atoms with Gasteiger partial charge in [0, 0.05) is 0 Å². The van der Waals surface area contributed by atoms with Crippen LogP contribution >= 0.6 is 12.6 Å². The lowest BCUT2D eigenvalue weighted by molar-refractivity contribution is 0.600. The van der Waals surface area contributed by atoms with E-state index in [2.05, 4.69) is 127 Å². The first-order valence-electron chi connectivity index (χ1n) is 15.6. The van der Waals surface area contributed by atoms with Gasteiger partial charge < -0.3 is 0 Å². The summed E-state index contributed by atoms with van der Waals surface area (Å²) in [5.41, 5.74) is 13.3. The summed E-state index contributed by atoms with van der Waals surface area (Å²) in [6, 6.07) is 36.6.